The van der Waals surface area contributed by atoms with Crippen molar-refractivity contribution < 1.29 is 32.7 Å². The fourth-order valence-electron chi connectivity index (χ4n) is 5.60. The smallest absolute Gasteiger partial charge is 0.335 e. The molecule has 2 atom stereocenters. The van der Waals surface area contributed by atoms with E-state index in [1.165, 1.54) is 18.2 Å². The Labute approximate surface area is 235 Å². The van der Waals surface area contributed by atoms with Crippen molar-refractivity contribution in [2.24, 2.45) is 0 Å². The summed E-state index contributed by atoms with van der Waals surface area (Å²) in [4.78, 5) is 17.3. The number of rotatable bonds is 9. The topological polar surface area (TPSA) is 102 Å². The van der Waals surface area contributed by atoms with Gasteiger partial charge in [0.25, 0.3) is 5.82 Å². The molecule has 2 saturated heterocycles. The van der Waals surface area contributed by atoms with Gasteiger partial charge in [0.1, 0.15) is 25.5 Å². The molecule has 2 N–H and O–H groups in total. The molecule has 2 fully saturated rings. The minimum absolute atomic E-state index is 0.0322. The highest BCUT2D eigenvalue weighted by molar-refractivity contribution is 5.91. The number of nitrogens with zero attached hydrogens (tertiary/aromatic N) is 3. The van der Waals surface area contributed by atoms with E-state index in [0.717, 1.165) is 61.0 Å². The van der Waals surface area contributed by atoms with Gasteiger partial charge in [-0.05, 0) is 66.9 Å². The van der Waals surface area contributed by atoms with Gasteiger partial charge in [-0.1, -0.05) is 6.07 Å². The van der Waals surface area contributed by atoms with Crippen LogP contribution >= 0.6 is 0 Å². The van der Waals surface area contributed by atoms with Crippen LogP contribution in [0.2, 0.25) is 0 Å². The van der Waals surface area contributed by atoms with Crippen molar-refractivity contribution in [2.75, 3.05) is 19.7 Å². The van der Waals surface area contributed by atoms with Crippen LogP contribution in [0.15, 0.2) is 54.6 Å². The van der Waals surface area contributed by atoms with Gasteiger partial charge in [-0.2, -0.15) is 5.26 Å². The first-order valence-electron chi connectivity index (χ1n) is 13.6. The second-order valence-electron chi connectivity index (χ2n) is 10.6. The standard InChI is InChI=1S/C31H28F2N4O4/c32-25-4-2-20(12-23(25)18-41-29-6-1-19(14-34)11-26(29)33)22-7-9-36(15-22)17-30-35-27-13-21(31(38)39)3-5-28(27)37(30)16-24-8-10-40-24/h1-6,11-13,22,24H,7-10,15-18H2,(H,38,39)/p+1/t22-,24-/m0/s1. The zero-order valence-electron chi connectivity index (χ0n) is 22.3. The summed E-state index contributed by atoms with van der Waals surface area (Å²) in [7, 11) is 0. The van der Waals surface area contributed by atoms with Crippen LogP contribution in [-0.2, 0) is 24.4 Å². The predicted molar refractivity (Wildman–Crippen MR) is 144 cm³/mol. The van der Waals surface area contributed by atoms with Gasteiger partial charge in [0.05, 0.1) is 23.3 Å². The number of ether oxygens (including phenoxy) is 2. The van der Waals surface area contributed by atoms with E-state index < -0.39 is 17.6 Å². The number of hydrogen-bond acceptors (Lipinski definition) is 5. The van der Waals surface area contributed by atoms with Crippen LogP contribution < -0.4 is 9.30 Å². The highest BCUT2D eigenvalue weighted by Gasteiger charge is 2.31. The number of hydrogen-bond donors (Lipinski definition) is 2. The van der Waals surface area contributed by atoms with Gasteiger partial charge in [-0.25, -0.2) is 23.1 Å². The molecule has 4 aromatic rings. The third-order valence-electron chi connectivity index (χ3n) is 7.95. The Hall–Kier alpha value is -4.33. The number of likely N-dealkylation sites (tertiary alicyclic amines) is 1. The lowest BCUT2D eigenvalue weighted by molar-refractivity contribution is -0.690. The molecule has 0 aliphatic carbocycles. The molecule has 1 aromatic heterocycles. The molecule has 3 heterocycles. The van der Waals surface area contributed by atoms with Crippen molar-refractivity contribution in [3.05, 3.63) is 94.3 Å². The van der Waals surface area contributed by atoms with Crippen LogP contribution in [0.5, 0.6) is 5.75 Å². The molecule has 0 unspecified atom stereocenters. The van der Waals surface area contributed by atoms with Crippen LogP contribution in [0.3, 0.4) is 0 Å². The number of carboxylic acid groups (broad SMARTS) is 1. The van der Waals surface area contributed by atoms with Crippen molar-refractivity contribution in [1.82, 2.24) is 9.88 Å². The van der Waals surface area contributed by atoms with E-state index in [-0.39, 0.29) is 35.5 Å². The van der Waals surface area contributed by atoms with Crippen molar-refractivity contribution in [3.63, 3.8) is 0 Å². The maximum Gasteiger partial charge on any atom is 0.335 e. The molecule has 0 bridgehead atoms. The molecule has 0 spiro atoms. The fraction of sp³-hybridized carbons (Fsp3) is 0.323. The molecule has 8 nitrogen and oxygen atoms in total. The average Bonchev–Trinajstić information content (AvgIpc) is 3.54. The molecule has 41 heavy (non-hydrogen) atoms. The summed E-state index contributed by atoms with van der Waals surface area (Å²) in [5, 5.41) is 18.3. The van der Waals surface area contributed by atoms with E-state index in [9.17, 15) is 18.7 Å². The van der Waals surface area contributed by atoms with Crippen molar-refractivity contribution >= 4 is 17.0 Å². The summed E-state index contributed by atoms with van der Waals surface area (Å²) in [5.41, 5.74) is 3.47. The van der Waals surface area contributed by atoms with Crippen molar-refractivity contribution in [1.29, 1.82) is 5.26 Å². The maximum absolute atomic E-state index is 14.6. The first kappa shape index (κ1) is 26.9. The quantitative estimate of drug-likeness (QED) is 0.289. The number of fused-ring (bicyclic) bond motifs is 1. The molecular formula is C31H29F2N4O4+. The number of aromatic amines is 1. The zero-order chi connectivity index (χ0) is 28.5. The van der Waals surface area contributed by atoms with Crippen LogP contribution in [0, 0.1) is 23.0 Å². The van der Waals surface area contributed by atoms with E-state index in [0.29, 0.717) is 18.7 Å². The second-order valence-corrected chi connectivity index (χ2v) is 10.6. The number of nitriles is 1. The molecule has 210 valence electrons. The minimum Gasteiger partial charge on any atom is -0.486 e. The first-order valence-corrected chi connectivity index (χ1v) is 13.6. The zero-order valence-corrected chi connectivity index (χ0v) is 22.3. The van der Waals surface area contributed by atoms with E-state index in [2.05, 4.69) is 14.5 Å². The molecule has 0 saturated carbocycles. The number of imidazole rings is 1. The van der Waals surface area contributed by atoms with Crippen LogP contribution in [0.25, 0.3) is 11.0 Å². The largest absolute Gasteiger partial charge is 0.486 e. The Morgan fingerprint density at radius 2 is 2.00 bits per heavy atom. The number of aromatic carboxylic acids is 1. The van der Waals surface area contributed by atoms with Crippen molar-refractivity contribution in [3.8, 4) is 11.8 Å². The Balaban J connectivity index is 1.16. The molecule has 0 radical (unpaired) electrons. The second kappa shape index (κ2) is 11.3. The maximum atomic E-state index is 14.6. The normalized spacial score (nSPS) is 18.8. The summed E-state index contributed by atoms with van der Waals surface area (Å²) in [6, 6.07) is 15.9. The van der Waals surface area contributed by atoms with Gasteiger partial charge in [0.15, 0.2) is 22.6 Å². The molecular weight excluding hydrogens is 530 g/mol. The highest BCUT2D eigenvalue weighted by Crippen LogP contribution is 2.30. The number of benzene rings is 3. The summed E-state index contributed by atoms with van der Waals surface area (Å²) in [6.07, 6.45) is 2.03. The van der Waals surface area contributed by atoms with Gasteiger partial charge < -0.3 is 14.6 Å². The Morgan fingerprint density at radius 1 is 1.15 bits per heavy atom. The summed E-state index contributed by atoms with van der Waals surface area (Å²) < 4.78 is 42.3. The Morgan fingerprint density at radius 3 is 2.73 bits per heavy atom. The molecule has 10 heteroatoms. The Kier molecular flexibility index (Phi) is 7.39. The molecule has 6 rings (SSSR count). The Bertz CT molecular complexity index is 1660. The van der Waals surface area contributed by atoms with Gasteiger partial charge >= 0.3 is 5.97 Å². The van der Waals surface area contributed by atoms with Gasteiger partial charge in [-0.3, -0.25) is 4.90 Å². The fourth-order valence-corrected chi connectivity index (χ4v) is 5.60. The lowest BCUT2D eigenvalue weighted by atomic mass is 9.96. The lowest BCUT2D eigenvalue weighted by Crippen LogP contribution is -2.48. The summed E-state index contributed by atoms with van der Waals surface area (Å²) >= 11 is 0. The summed E-state index contributed by atoms with van der Waals surface area (Å²) in [6.45, 7) is 3.59. The number of carboxylic acids is 1. The minimum atomic E-state index is -0.967. The summed E-state index contributed by atoms with van der Waals surface area (Å²) in [5.74, 6) is -0.913. The lowest BCUT2D eigenvalue weighted by Gasteiger charge is -2.25. The average molecular weight is 560 g/mol. The van der Waals surface area contributed by atoms with E-state index in [1.54, 1.807) is 24.3 Å². The van der Waals surface area contributed by atoms with E-state index in [1.807, 2.05) is 12.1 Å². The van der Waals surface area contributed by atoms with Crippen molar-refractivity contribution in [2.45, 2.75) is 44.6 Å². The first-order chi connectivity index (χ1) is 19.9. The monoisotopic (exact) mass is 559 g/mol. The van der Waals surface area contributed by atoms with Gasteiger partial charge in [-0.15, -0.1) is 0 Å². The molecule has 0 amide bonds. The third-order valence-corrected chi connectivity index (χ3v) is 7.95. The predicted octanol–water partition coefficient (Wildman–Crippen LogP) is 4.66. The number of H-pyrrole nitrogens is 1. The SMILES string of the molecule is N#Cc1ccc(OCc2cc([C@H]3CCN(Cc4[nH]c5cc(C(=O)O)ccc5[n+]4C[C@@H]4CCO4)C3)ccc2F)c(F)c1. The number of carbonyl (C=O) groups is 1. The van der Waals surface area contributed by atoms with Crippen LogP contribution in [0.4, 0.5) is 8.78 Å². The highest BCUT2D eigenvalue weighted by atomic mass is 19.1. The molecule has 3 aromatic carbocycles. The van der Waals surface area contributed by atoms with Crippen LogP contribution in [0.1, 0.15) is 51.6 Å². The van der Waals surface area contributed by atoms with Gasteiger partial charge in [0.2, 0.25) is 0 Å². The molecule has 2 aliphatic heterocycles. The number of halogens is 2. The molecule has 2 aliphatic rings. The number of aromatic nitrogens is 2. The van der Waals surface area contributed by atoms with E-state index >= 15 is 0 Å². The van der Waals surface area contributed by atoms with E-state index in [4.69, 9.17) is 14.7 Å². The third kappa shape index (κ3) is 5.64. The number of nitrogens with one attached hydrogen (secondary N) is 1. The van der Waals surface area contributed by atoms with Gasteiger partial charge in [0, 0.05) is 31.2 Å². The van der Waals surface area contributed by atoms with Crippen LogP contribution in [-0.4, -0.2) is 46.8 Å².